The van der Waals surface area contributed by atoms with E-state index in [1.54, 1.807) is 18.3 Å². The van der Waals surface area contributed by atoms with Crippen LogP contribution in [0, 0.1) is 27.7 Å². The van der Waals surface area contributed by atoms with Gasteiger partial charge in [-0.1, -0.05) is 23.2 Å². The van der Waals surface area contributed by atoms with E-state index in [2.05, 4.69) is 45.5 Å². The van der Waals surface area contributed by atoms with Gasteiger partial charge >= 0.3 is 0 Å². The molecule has 5 rings (SSSR count). The van der Waals surface area contributed by atoms with E-state index in [0.717, 1.165) is 36.1 Å². The summed E-state index contributed by atoms with van der Waals surface area (Å²) in [4.78, 5) is 25.0. The van der Waals surface area contributed by atoms with Crippen LogP contribution in [-0.2, 0) is 5.54 Å². The Morgan fingerprint density at radius 3 is 2.48 bits per heavy atom. The van der Waals surface area contributed by atoms with E-state index in [1.165, 1.54) is 4.88 Å². The van der Waals surface area contributed by atoms with Gasteiger partial charge in [0.25, 0.3) is 11.6 Å². The van der Waals surface area contributed by atoms with Gasteiger partial charge in [0.1, 0.15) is 5.54 Å². The number of hydrogen-bond donors (Lipinski definition) is 1. The lowest BCUT2D eigenvalue weighted by molar-refractivity contribution is 0.0893. The topological polar surface area (TPSA) is 107 Å². The van der Waals surface area contributed by atoms with Gasteiger partial charge in [-0.25, -0.2) is 4.98 Å². The zero-order chi connectivity index (χ0) is 21.8. The van der Waals surface area contributed by atoms with Crippen molar-refractivity contribution >= 4 is 28.3 Å². The fourth-order valence-electron chi connectivity index (χ4n) is 4.46. The molecule has 0 unspecified atom stereocenters. The van der Waals surface area contributed by atoms with Gasteiger partial charge < -0.3 is 14.4 Å². The summed E-state index contributed by atoms with van der Waals surface area (Å²) in [6, 6.07) is 3.92. The minimum atomic E-state index is -0.634. The molecule has 0 atom stereocenters. The van der Waals surface area contributed by atoms with Crippen LogP contribution in [0.1, 0.15) is 63.2 Å². The zero-order valence-electron chi connectivity index (χ0n) is 17.9. The Bertz CT molecular complexity index is 1300. The lowest BCUT2D eigenvalue weighted by Gasteiger charge is -2.27. The third kappa shape index (κ3) is 3.33. The molecular formula is C22H23N5O3S. The number of nitrogens with one attached hydrogen (secondary N) is 1. The van der Waals surface area contributed by atoms with Crippen LogP contribution in [0.25, 0.3) is 22.4 Å². The molecule has 0 bridgehead atoms. The van der Waals surface area contributed by atoms with Crippen LogP contribution in [0.4, 0.5) is 0 Å². The molecule has 160 valence electrons. The number of thiophene rings is 1. The zero-order valence-corrected chi connectivity index (χ0v) is 18.7. The lowest BCUT2D eigenvalue weighted by atomic mass is 9.95. The number of hydrogen-bond acceptors (Lipinski definition) is 8. The van der Waals surface area contributed by atoms with Crippen LogP contribution < -0.4 is 5.32 Å². The molecule has 8 nitrogen and oxygen atoms in total. The van der Waals surface area contributed by atoms with Gasteiger partial charge in [-0.15, -0.1) is 11.3 Å². The van der Waals surface area contributed by atoms with Crippen molar-refractivity contribution in [3.63, 3.8) is 0 Å². The highest BCUT2D eigenvalue weighted by atomic mass is 32.1. The van der Waals surface area contributed by atoms with Gasteiger partial charge in [-0.2, -0.15) is 4.98 Å². The summed E-state index contributed by atoms with van der Waals surface area (Å²) < 4.78 is 10.7. The molecule has 1 saturated carbocycles. The Kier molecular flexibility index (Phi) is 4.65. The summed E-state index contributed by atoms with van der Waals surface area (Å²) in [6.07, 6.45) is 3.52. The van der Waals surface area contributed by atoms with Crippen molar-refractivity contribution in [3.05, 3.63) is 44.9 Å². The Morgan fingerprint density at radius 2 is 1.84 bits per heavy atom. The van der Waals surface area contributed by atoms with E-state index in [0.29, 0.717) is 39.8 Å². The molecule has 1 N–H and O–H groups in total. The number of pyridine rings is 1. The summed E-state index contributed by atoms with van der Waals surface area (Å²) in [5.41, 5.74) is 2.55. The number of aryl methyl sites for hydroxylation is 4. The molecule has 9 heteroatoms. The van der Waals surface area contributed by atoms with Crippen LogP contribution in [0.5, 0.6) is 0 Å². The largest absolute Gasteiger partial charge is 0.340 e. The van der Waals surface area contributed by atoms with Gasteiger partial charge in [-0.3, -0.25) is 4.79 Å². The van der Waals surface area contributed by atoms with Crippen LogP contribution in [0.3, 0.4) is 0 Å². The second kappa shape index (κ2) is 7.26. The van der Waals surface area contributed by atoms with Crippen molar-refractivity contribution in [2.45, 2.75) is 58.9 Å². The number of nitrogens with zero attached hydrogens (tertiary/aromatic N) is 4. The SMILES string of the molecule is Cc1nc(C2(NC(=O)c3cc(-c4cc(C)sc4C)nc4onc(C)c34)CCCC2)no1. The summed E-state index contributed by atoms with van der Waals surface area (Å²) >= 11 is 1.70. The average Bonchev–Trinajstić information content (AvgIpc) is 3.51. The molecule has 1 amide bonds. The van der Waals surface area contributed by atoms with Crippen molar-refractivity contribution in [2.75, 3.05) is 0 Å². The highest BCUT2D eigenvalue weighted by Crippen LogP contribution is 2.38. The lowest BCUT2D eigenvalue weighted by Crippen LogP contribution is -2.44. The maximum absolute atomic E-state index is 13.6. The quantitative estimate of drug-likeness (QED) is 0.490. The highest BCUT2D eigenvalue weighted by Gasteiger charge is 2.42. The molecule has 4 aromatic heterocycles. The summed E-state index contributed by atoms with van der Waals surface area (Å²) in [5, 5.41) is 12.0. The van der Waals surface area contributed by atoms with Crippen molar-refractivity contribution < 1.29 is 13.8 Å². The Hall–Kier alpha value is -3.07. The molecule has 0 spiro atoms. The van der Waals surface area contributed by atoms with Crippen LogP contribution in [0.2, 0.25) is 0 Å². The van der Waals surface area contributed by atoms with Crippen molar-refractivity contribution in [3.8, 4) is 11.3 Å². The second-order valence-corrected chi connectivity index (χ2v) is 9.67. The predicted octanol–water partition coefficient (Wildman–Crippen LogP) is 4.77. The van der Waals surface area contributed by atoms with E-state index in [9.17, 15) is 4.79 Å². The third-order valence-electron chi connectivity index (χ3n) is 5.94. The molecule has 1 aliphatic rings. The number of carbonyl (C=O) groups is 1. The Balaban J connectivity index is 1.61. The van der Waals surface area contributed by atoms with Crippen LogP contribution in [0.15, 0.2) is 21.2 Å². The minimum absolute atomic E-state index is 0.214. The smallest absolute Gasteiger partial charge is 0.259 e. The molecule has 31 heavy (non-hydrogen) atoms. The average molecular weight is 438 g/mol. The van der Waals surface area contributed by atoms with Gasteiger partial charge in [-0.05, 0) is 45.7 Å². The fraction of sp³-hybridized carbons (Fsp3) is 0.409. The van der Waals surface area contributed by atoms with Gasteiger partial charge in [0.15, 0.2) is 5.82 Å². The third-order valence-corrected chi connectivity index (χ3v) is 6.91. The first kappa shape index (κ1) is 19.9. The number of fused-ring (bicyclic) bond motifs is 1. The van der Waals surface area contributed by atoms with Crippen LogP contribution >= 0.6 is 11.3 Å². The van der Waals surface area contributed by atoms with E-state index < -0.39 is 5.54 Å². The van der Waals surface area contributed by atoms with E-state index >= 15 is 0 Å². The van der Waals surface area contributed by atoms with Crippen molar-refractivity contribution in [1.82, 2.24) is 25.6 Å². The number of amides is 1. The molecule has 0 radical (unpaired) electrons. The highest BCUT2D eigenvalue weighted by molar-refractivity contribution is 7.12. The molecular weight excluding hydrogens is 414 g/mol. The minimum Gasteiger partial charge on any atom is -0.340 e. The first-order valence-electron chi connectivity index (χ1n) is 10.3. The van der Waals surface area contributed by atoms with Crippen molar-refractivity contribution in [1.29, 1.82) is 0 Å². The van der Waals surface area contributed by atoms with Gasteiger partial charge in [0.2, 0.25) is 5.89 Å². The first-order valence-corrected chi connectivity index (χ1v) is 11.2. The molecule has 1 aliphatic carbocycles. The Labute approximate surface area is 183 Å². The second-order valence-electron chi connectivity index (χ2n) is 8.21. The molecule has 0 aliphatic heterocycles. The number of carbonyl (C=O) groups excluding carboxylic acids is 1. The molecule has 1 fully saturated rings. The maximum atomic E-state index is 13.6. The fourth-order valence-corrected chi connectivity index (χ4v) is 5.39. The maximum Gasteiger partial charge on any atom is 0.259 e. The predicted molar refractivity (Wildman–Crippen MR) is 116 cm³/mol. The number of rotatable bonds is 4. The van der Waals surface area contributed by atoms with E-state index in [1.807, 2.05) is 13.0 Å². The number of aromatic nitrogens is 4. The summed E-state index contributed by atoms with van der Waals surface area (Å²) in [7, 11) is 0. The van der Waals surface area contributed by atoms with Crippen molar-refractivity contribution in [2.24, 2.45) is 0 Å². The van der Waals surface area contributed by atoms with E-state index in [-0.39, 0.29) is 5.91 Å². The first-order chi connectivity index (χ1) is 14.9. The standard InChI is InChI=1S/C22H23N5O3S/c1-11-9-15(13(3)31-11)17-10-16(18-12(2)26-30-20(18)24-17)19(28)25-22(7-5-6-8-22)21-23-14(4)29-27-21/h9-10H,5-8H2,1-4H3,(H,25,28). The summed E-state index contributed by atoms with van der Waals surface area (Å²) in [6.45, 7) is 7.68. The monoisotopic (exact) mass is 437 g/mol. The summed E-state index contributed by atoms with van der Waals surface area (Å²) in [5.74, 6) is 0.809. The normalized spacial score (nSPS) is 15.6. The molecule has 4 heterocycles. The molecule has 0 aromatic carbocycles. The van der Waals surface area contributed by atoms with Crippen LogP contribution in [-0.4, -0.2) is 26.2 Å². The Morgan fingerprint density at radius 1 is 1.06 bits per heavy atom. The van der Waals surface area contributed by atoms with Gasteiger partial charge in [0.05, 0.1) is 22.3 Å². The van der Waals surface area contributed by atoms with Gasteiger partial charge in [0, 0.05) is 22.2 Å². The molecule has 4 aromatic rings. The molecule has 0 saturated heterocycles. The van der Waals surface area contributed by atoms with E-state index in [4.69, 9.17) is 9.05 Å².